The van der Waals surface area contributed by atoms with E-state index < -0.39 is 0 Å². The molecule has 0 bridgehead atoms. The van der Waals surface area contributed by atoms with E-state index in [9.17, 15) is 0 Å². The van der Waals surface area contributed by atoms with Crippen LogP contribution >= 0.6 is 12.2 Å². The molecular formula is C21H24N4O4S. The first-order chi connectivity index (χ1) is 14.6. The van der Waals surface area contributed by atoms with Crippen molar-refractivity contribution in [3.63, 3.8) is 0 Å². The molecule has 0 saturated heterocycles. The van der Waals surface area contributed by atoms with Crippen molar-refractivity contribution in [3.8, 4) is 34.4 Å². The molecule has 0 spiro atoms. The normalized spacial score (nSPS) is 10.9. The van der Waals surface area contributed by atoms with Crippen LogP contribution in [-0.4, -0.2) is 48.5 Å². The van der Waals surface area contributed by atoms with Crippen LogP contribution in [0.25, 0.3) is 11.4 Å². The van der Waals surface area contributed by atoms with E-state index in [4.69, 9.17) is 31.2 Å². The highest BCUT2D eigenvalue weighted by Crippen LogP contribution is 2.38. The molecule has 0 unspecified atom stereocenters. The Morgan fingerprint density at radius 1 is 1.03 bits per heavy atom. The zero-order valence-corrected chi connectivity index (χ0v) is 18.2. The summed E-state index contributed by atoms with van der Waals surface area (Å²) < 4.78 is 24.2. The maximum Gasteiger partial charge on any atom is 0.216 e. The smallest absolute Gasteiger partial charge is 0.216 e. The third kappa shape index (κ3) is 4.46. The van der Waals surface area contributed by atoms with Crippen molar-refractivity contribution in [2.24, 2.45) is 5.10 Å². The van der Waals surface area contributed by atoms with Crippen molar-refractivity contribution < 1.29 is 18.9 Å². The Balaban J connectivity index is 2.03. The van der Waals surface area contributed by atoms with Gasteiger partial charge in [-0.25, -0.2) is 5.10 Å². The minimum atomic E-state index is 0.359. The number of rotatable bonds is 9. The van der Waals surface area contributed by atoms with Gasteiger partial charge in [-0.05, 0) is 50.3 Å². The second-order valence-corrected chi connectivity index (χ2v) is 6.41. The lowest BCUT2D eigenvalue weighted by atomic mass is 10.2. The van der Waals surface area contributed by atoms with Crippen LogP contribution in [0.3, 0.4) is 0 Å². The zero-order valence-electron chi connectivity index (χ0n) is 17.3. The number of ether oxygens (including phenoxy) is 4. The third-order valence-electron chi connectivity index (χ3n) is 4.17. The summed E-state index contributed by atoms with van der Waals surface area (Å²) in [4.78, 5) is 0. The number of hydrogen-bond donors (Lipinski definition) is 1. The number of hydrogen-bond acceptors (Lipinski definition) is 7. The van der Waals surface area contributed by atoms with Gasteiger partial charge in [0.2, 0.25) is 10.5 Å². The molecule has 0 aliphatic carbocycles. The predicted octanol–water partition coefficient (Wildman–Crippen LogP) is 4.30. The molecule has 9 heteroatoms. The highest BCUT2D eigenvalue weighted by molar-refractivity contribution is 7.71. The van der Waals surface area contributed by atoms with E-state index in [1.165, 1.54) is 0 Å². The fourth-order valence-electron chi connectivity index (χ4n) is 2.89. The zero-order chi connectivity index (χ0) is 21.5. The van der Waals surface area contributed by atoms with Gasteiger partial charge < -0.3 is 18.9 Å². The number of benzene rings is 2. The van der Waals surface area contributed by atoms with E-state index in [-0.39, 0.29) is 0 Å². The van der Waals surface area contributed by atoms with Gasteiger partial charge in [0.1, 0.15) is 5.75 Å². The molecule has 3 aromatic rings. The molecule has 0 atom stereocenters. The molecular weight excluding hydrogens is 404 g/mol. The number of para-hydroxylation sites is 1. The second-order valence-electron chi connectivity index (χ2n) is 6.03. The van der Waals surface area contributed by atoms with E-state index in [0.717, 1.165) is 11.1 Å². The SMILES string of the molecule is CCOc1ccccc1-c1n[nH]c(=S)n1/N=C\c1cc(OC)c(OCC)c(OC)c1. The van der Waals surface area contributed by atoms with Crippen molar-refractivity contribution in [1.82, 2.24) is 14.9 Å². The molecule has 1 heterocycles. The average molecular weight is 429 g/mol. The van der Waals surface area contributed by atoms with E-state index >= 15 is 0 Å². The summed E-state index contributed by atoms with van der Waals surface area (Å²) in [6.07, 6.45) is 1.65. The van der Waals surface area contributed by atoms with Crippen LogP contribution < -0.4 is 18.9 Å². The summed E-state index contributed by atoms with van der Waals surface area (Å²) >= 11 is 5.37. The molecule has 8 nitrogen and oxygen atoms in total. The Kier molecular flexibility index (Phi) is 7.08. The summed E-state index contributed by atoms with van der Waals surface area (Å²) in [7, 11) is 3.15. The summed E-state index contributed by atoms with van der Waals surface area (Å²) in [5, 5.41) is 11.6. The first kappa shape index (κ1) is 21.4. The van der Waals surface area contributed by atoms with E-state index in [1.54, 1.807) is 25.1 Å². The summed E-state index contributed by atoms with van der Waals surface area (Å²) in [5.41, 5.74) is 1.53. The third-order valence-corrected chi connectivity index (χ3v) is 4.44. The van der Waals surface area contributed by atoms with Gasteiger partial charge in [-0.15, -0.1) is 0 Å². The first-order valence-corrected chi connectivity index (χ1v) is 9.86. The molecule has 0 radical (unpaired) electrons. The number of H-pyrrole nitrogens is 1. The van der Waals surface area contributed by atoms with Gasteiger partial charge in [0, 0.05) is 5.56 Å². The predicted molar refractivity (Wildman–Crippen MR) is 118 cm³/mol. The first-order valence-electron chi connectivity index (χ1n) is 9.45. The topological polar surface area (TPSA) is 82.9 Å². The van der Waals surface area contributed by atoms with Crippen LogP contribution in [0.15, 0.2) is 41.5 Å². The van der Waals surface area contributed by atoms with Crippen LogP contribution in [0.2, 0.25) is 0 Å². The molecule has 0 aliphatic rings. The quantitative estimate of drug-likeness (QED) is 0.404. The van der Waals surface area contributed by atoms with Crippen molar-refractivity contribution in [1.29, 1.82) is 0 Å². The van der Waals surface area contributed by atoms with Crippen LogP contribution in [0.5, 0.6) is 23.0 Å². The van der Waals surface area contributed by atoms with Gasteiger partial charge in [-0.1, -0.05) is 12.1 Å². The van der Waals surface area contributed by atoms with Gasteiger partial charge in [0.05, 0.1) is 39.2 Å². The van der Waals surface area contributed by atoms with Gasteiger partial charge in [-0.2, -0.15) is 14.9 Å². The Morgan fingerprint density at radius 3 is 2.33 bits per heavy atom. The Bertz CT molecular complexity index is 1070. The Hall–Kier alpha value is -3.33. The molecule has 30 heavy (non-hydrogen) atoms. The fraction of sp³-hybridized carbons (Fsp3) is 0.286. The maximum absolute atomic E-state index is 5.72. The Morgan fingerprint density at radius 2 is 1.70 bits per heavy atom. The molecule has 1 N–H and O–H groups in total. The lowest BCUT2D eigenvalue weighted by Gasteiger charge is -2.14. The van der Waals surface area contributed by atoms with E-state index in [1.807, 2.05) is 50.2 Å². The molecule has 3 rings (SSSR count). The molecule has 0 amide bonds. The highest BCUT2D eigenvalue weighted by atomic mass is 32.1. The van der Waals surface area contributed by atoms with E-state index in [0.29, 0.717) is 46.8 Å². The van der Waals surface area contributed by atoms with Crippen molar-refractivity contribution in [2.75, 3.05) is 27.4 Å². The summed E-state index contributed by atoms with van der Waals surface area (Å²) in [5.74, 6) is 2.90. The molecule has 2 aromatic carbocycles. The van der Waals surface area contributed by atoms with E-state index in [2.05, 4.69) is 15.3 Å². The monoisotopic (exact) mass is 428 g/mol. The van der Waals surface area contributed by atoms with Crippen LogP contribution in [0.1, 0.15) is 19.4 Å². The van der Waals surface area contributed by atoms with Gasteiger partial charge >= 0.3 is 0 Å². The fourth-order valence-corrected chi connectivity index (χ4v) is 3.07. The van der Waals surface area contributed by atoms with Crippen molar-refractivity contribution >= 4 is 18.4 Å². The number of aromatic amines is 1. The average Bonchev–Trinajstić information content (AvgIpc) is 3.13. The molecule has 158 valence electrons. The highest BCUT2D eigenvalue weighted by Gasteiger charge is 2.15. The maximum atomic E-state index is 5.72. The van der Waals surface area contributed by atoms with Gasteiger partial charge in [0.15, 0.2) is 17.3 Å². The van der Waals surface area contributed by atoms with Crippen LogP contribution in [0, 0.1) is 4.77 Å². The minimum Gasteiger partial charge on any atom is -0.493 e. The van der Waals surface area contributed by atoms with Gasteiger partial charge in [-0.3, -0.25) is 0 Å². The van der Waals surface area contributed by atoms with Crippen LogP contribution in [0.4, 0.5) is 0 Å². The lowest BCUT2D eigenvalue weighted by molar-refractivity contribution is 0.288. The number of methoxy groups -OCH3 is 2. The molecule has 0 saturated carbocycles. The number of nitrogens with one attached hydrogen (secondary N) is 1. The second kappa shape index (κ2) is 9.93. The molecule has 1 aromatic heterocycles. The Labute approximate surface area is 180 Å². The summed E-state index contributed by atoms with van der Waals surface area (Å²) in [6, 6.07) is 11.2. The lowest BCUT2D eigenvalue weighted by Crippen LogP contribution is -2.01. The summed E-state index contributed by atoms with van der Waals surface area (Å²) in [6.45, 7) is 4.86. The van der Waals surface area contributed by atoms with Crippen molar-refractivity contribution in [2.45, 2.75) is 13.8 Å². The number of aromatic nitrogens is 3. The number of nitrogens with zero attached hydrogens (tertiary/aromatic N) is 3. The minimum absolute atomic E-state index is 0.359. The van der Waals surface area contributed by atoms with Gasteiger partial charge in [0.25, 0.3) is 0 Å². The molecule has 0 fully saturated rings. The van der Waals surface area contributed by atoms with Crippen LogP contribution in [-0.2, 0) is 0 Å². The van der Waals surface area contributed by atoms with Crippen molar-refractivity contribution in [3.05, 3.63) is 46.7 Å². The standard InChI is InChI=1S/C21H24N4O4S/c1-5-28-16-10-8-7-9-15(16)20-23-24-21(30)25(20)22-13-14-11-17(26-3)19(29-6-2)18(12-14)27-4/h7-13H,5-6H2,1-4H3,(H,24,30)/b22-13-. The largest absolute Gasteiger partial charge is 0.493 e. The molecule has 0 aliphatic heterocycles.